The van der Waals surface area contributed by atoms with Crippen LogP contribution in [0.1, 0.15) is 42.1 Å². The van der Waals surface area contributed by atoms with E-state index in [0.717, 1.165) is 31.9 Å². The van der Waals surface area contributed by atoms with Crippen LogP contribution >= 0.6 is 0 Å². The number of ether oxygens (including phenoxy) is 1. The summed E-state index contributed by atoms with van der Waals surface area (Å²) >= 11 is 0. The molecule has 0 amide bonds. The fourth-order valence-electron chi connectivity index (χ4n) is 3.05. The number of hydrogen-bond donors (Lipinski definition) is 0. The zero-order valence-electron chi connectivity index (χ0n) is 11.2. The number of aromatic nitrogens is 1. The number of aryl methyl sites for hydroxylation is 1. The summed E-state index contributed by atoms with van der Waals surface area (Å²) in [6.45, 7) is 7.35. The van der Waals surface area contributed by atoms with Crippen molar-refractivity contribution in [1.29, 1.82) is 0 Å². The van der Waals surface area contributed by atoms with Crippen LogP contribution in [0.2, 0.25) is 0 Å². The van der Waals surface area contributed by atoms with Gasteiger partial charge in [0.2, 0.25) is 0 Å². The van der Waals surface area contributed by atoms with E-state index in [1.54, 1.807) is 0 Å². The Morgan fingerprint density at radius 2 is 2.17 bits per heavy atom. The first-order valence-corrected chi connectivity index (χ1v) is 7.09. The summed E-state index contributed by atoms with van der Waals surface area (Å²) in [7, 11) is 0. The van der Waals surface area contributed by atoms with Crippen LogP contribution in [0.3, 0.4) is 0 Å². The zero-order chi connectivity index (χ0) is 12.4. The molecule has 3 nitrogen and oxygen atoms in total. The van der Waals surface area contributed by atoms with E-state index < -0.39 is 0 Å². The summed E-state index contributed by atoms with van der Waals surface area (Å²) in [5, 5.41) is 0. The van der Waals surface area contributed by atoms with E-state index in [1.165, 1.54) is 37.2 Å². The quantitative estimate of drug-likeness (QED) is 0.819. The van der Waals surface area contributed by atoms with Crippen LogP contribution in [-0.2, 0) is 11.3 Å². The van der Waals surface area contributed by atoms with Gasteiger partial charge in [-0.15, -0.1) is 0 Å². The third-order valence-corrected chi connectivity index (χ3v) is 4.09. The second-order valence-corrected chi connectivity index (χ2v) is 5.53. The monoisotopic (exact) mass is 246 g/mol. The lowest BCUT2D eigenvalue weighted by molar-refractivity contribution is 0.193. The van der Waals surface area contributed by atoms with Gasteiger partial charge >= 0.3 is 0 Å². The van der Waals surface area contributed by atoms with Crippen LogP contribution in [0.25, 0.3) is 0 Å². The highest BCUT2D eigenvalue weighted by Crippen LogP contribution is 2.28. The van der Waals surface area contributed by atoms with E-state index in [-0.39, 0.29) is 0 Å². The summed E-state index contributed by atoms with van der Waals surface area (Å²) in [6.07, 6.45) is 3.83. The van der Waals surface area contributed by atoms with Crippen molar-refractivity contribution in [1.82, 2.24) is 9.88 Å². The molecule has 2 aliphatic heterocycles. The SMILES string of the molecule is Cc1ccc(C2CCOC2)c(CN2CCCC2)n1. The van der Waals surface area contributed by atoms with Crippen molar-refractivity contribution in [3.05, 3.63) is 29.1 Å². The average Bonchev–Trinajstić information content (AvgIpc) is 3.01. The number of nitrogens with zero attached hydrogens (tertiary/aromatic N) is 2. The summed E-state index contributed by atoms with van der Waals surface area (Å²) in [4.78, 5) is 7.31. The number of hydrogen-bond acceptors (Lipinski definition) is 3. The highest BCUT2D eigenvalue weighted by atomic mass is 16.5. The molecule has 0 bridgehead atoms. The van der Waals surface area contributed by atoms with E-state index in [9.17, 15) is 0 Å². The van der Waals surface area contributed by atoms with Crippen molar-refractivity contribution in [2.75, 3.05) is 26.3 Å². The molecule has 2 saturated heterocycles. The van der Waals surface area contributed by atoms with Gasteiger partial charge in [0.15, 0.2) is 0 Å². The minimum absolute atomic E-state index is 0.565. The molecule has 0 saturated carbocycles. The lowest BCUT2D eigenvalue weighted by Crippen LogP contribution is -2.21. The first kappa shape index (κ1) is 12.1. The van der Waals surface area contributed by atoms with Gasteiger partial charge in [-0.25, -0.2) is 0 Å². The molecule has 3 rings (SSSR count). The smallest absolute Gasteiger partial charge is 0.0582 e. The number of likely N-dealkylation sites (tertiary alicyclic amines) is 1. The molecule has 1 atom stereocenters. The van der Waals surface area contributed by atoms with Crippen molar-refractivity contribution in [2.24, 2.45) is 0 Å². The molecule has 1 unspecified atom stereocenters. The largest absolute Gasteiger partial charge is 0.381 e. The summed E-state index contributed by atoms with van der Waals surface area (Å²) in [5.74, 6) is 0.565. The van der Waals surface area contributed by atoms with Crippen molar-refractivity contribution in [3.63, 3.8) is 0 Å². The lowest BCUT2D eigenvalue weighted by atomic mass is 9.96. The predicted molar refractivity (Wildman–Crippen MR) is 71.7 cm³/mol. The van der Waals surface area contributed by atoms with Gasteiger partial charge < -0.3 is 4.74 Å². The minimum Gasteiger partial charge on any atom is -0.381 e. The van der Waals surface area contributed by atoms with Gasteiger partial charge in [0, 0.05) is 24.8 Å². The van der Waals surface area contributed by atoms with E-state index >= 15 is 0 Å². The molecule has 0 N–H and O–H groups in total. The van der Waals surface area contributed by atoms with Crippen LogP contribution in [0, 0.1) is 6.92 Å². The first-order valence-electron chi connectivity index (χ1n) is 7.09. The Kier molecular flexibility index (Phi) is 3.62. The van der Waals surface area contributed by atoms with Gasteiger partial charge in [-0.05, 0) is 50.9 Å². The van der Waals surface area contributed by atoms with Crippen LogP contribution in [-0.4, -0.2) is 36.2 Å². The molecule has 1 aromatic rings. The van der Waals surface area contributed by atoms with Gasteiger partial charge in [0.1, 0.15) is 0 Å². The van der Waals surface area contributed by atoms with E-state index in [1.807, 2.05) is 0 Å². The highest BCUT2D eigenvalue weighted by Gasteiger charge is 2.23. The Labute approximate surface area is 109 Å². The predicted octanol–water partition coefficient (Wildman–Crippen LogP) is 2.49. The van der Waals surface area contributed by atoms with Gasteiger partial charge in [-0.1, -0.05) is 6.07 Å². The molecule has 0 aromatic carbocycles. The highest BCUT2D eigenvalue weighted by molar-refractivity contribution is 5.27. The van der Waals surface area contributed by atoms with Crippen LogP contribution < -0.4 is 0 Å². The fraction of sp³-hybridized carbons (Fsp3) is 0.667. The maximum atomic E-state index is 5.53. The Morgan fingerprint density at radius 3 is 2.89 bits per heavy atom. The Hall–Kier alpha value is -0.930. The maximum Gasteiger partial charge on any atom is 0.0582 e. The second kappa shape index (κ2) is 5.37. The third kappa shape index (κ3) is 2.57. The summed E-state index contributed by atoms with van der Waals surface area (Å²) < 4.78 is 5.53. The van der Waals surface area contributed by atoms with Crippen LogP contribution in [0.5, 0.6) is 0 Å². The molecule has 3 heteroatoms. The van der Waals surface area contributed by atoms with E-state index in [2.05, 4.69) is 24.0 Å². The number of pyridine rings is 1. The third-order valence-electron chi connectivity index (χ3n) is 4.09. The summed E-state index contributed by atoms with van der Waals surface area (Å²) in [6, 6.07) is 4.41. The van der Waals surface area contributed by atoms with E-state index in [4.69, 9.17) is 9.72 Å². The molecule has 2 aliphatic rings. The Morgan fingerprint density at radius 1 is 1.33 bits per heavy atom. The second-order valence-electron chi connectivity index (χ2n) is 5.53. The van der Waals surface area contributed by atoms with Crippen molar-refractivity contribution >= 4 is 0 Å². The Bertz CT molecular complexity index is 407. The van der Waals surface area contributed by atoms with Crippen LogP contribution in [0.4, 0.5) is 0 Å². The molecular formula is C15H22N2O. The van der Waals surface area contributed by atoms with Crippen molar-refractivity contribution < 1.29 is 4.74 Å². The standard InChI is InChI=1S/C15H22N2O/c1-12-4-5-14(13-6-9-18-11-13)15(16-12)10-17-7-2-3-8-17/h4-5,13H,2-3,6-11H2,1H3. The number of rotatable bonds is 3. The van der Waals surface area contributed by atoms with Gasteiger partial charge in [0.05, 0.1) is 12.3 Å². The molecule has 0 radical (unpaired) electrons. The van der Waals surface area contributed by atoms with Crippen LogP contribution in [0.15, 0.2) is 12.1 Å². The fourth-order valence-corrected chi connectivity index (χ4v) is 3.05. The lowest BCUT2D eigenvalue weighted by Gasteiger charge is -2.19. The molecule has 0 aliphatic carbocycles. The van der Waals surface area contributed by atoms with Crippen molar-refractivity contribution in [3.8, 4) is 0 Å². The average molecular weight is 246 g/mol. The molecule has 1 aromatic heterocycles. The molecule has 98 valence electrons. The van der Waals surface area contributed by atoms with Crippen molar-refractivity contribution in [2.45, 2.75) is 38.6 Å². The maximum absolute atomic E-state index is 5.53. The minimum atomic E-state index is 0.565. The van der Waals surface area contributed by atoms with Gasteiger partial charge in [-0.3, -0.25) is 9.88 Å². The van der Waals surface area contributed by atoms with Gasteiger partial charge in [-0.2, -0.15) is 0 Å². The Balaban J connectivity index is 1.82. The molecule has 18 heavy (non-hydrogen) atoms. The normalized spacial score (nSPS) is 24.8. The molecular weight excluding hydrogens is 224 g/mol. The van der Waals surface area contributed by atoms with Gasteiger partial charge in [0.25, 0.3) is 0 Å². The first-order chi connectivity index (χ1) is 8.83. The zero-order valence-corrected chi connectivity index (χ0v) is 11.2. The molecule has 2 fully saturated rings. The molecule has 3 heterocycles. The van der Waals surface area contributed by atoms with E-state index in [0.29, 0.717) is 5.92 Å². The topological polar surface area (TPSA) is 25.4 Å². The summed E-state index contributed by atoms with van der Waals surface area (Å²) in [5.41, 5.74) is 3.84. The molecule has 0 spiro atoms.